The second-order valence-electron chi connectivity index (χ2n) is 8.10. The summed E-state index contributed by atoms with van der Waals surface area (Å²) in [4.78, 5) is 33.0. The van der Waals surface area contributed by atoms with Crippen LogP contribution in [0, 0.1) is 12.8 Å². The number of carbonyl (C=O) groups is 2. The Morgan fingerprint density at radius 2 is 2.00 bits per heavy atom. The van der Waals surface area contributed by atoms with Crippen molar-refractivity contribution >= 4 is 22.7 Å². The zero-order valence-electron chi connectivity index (χ0n) is 18.1. The number of tetrazole rings is 1. The number of nitrogens with one attached hydrogen (secondary N) is 2. The number of pyridine rings is 1. The normalized spacial score (nSPS) is 11.2. The first-order valence-corrected chi connectivity index (χ1v) is 10.2. The van der Waals surface area contributed by atoms with Crippen LogP contribution in [0.2, 0.25) is 0 Å². The van der Waals surface area contributed by atoms with Crippen LogP contribution < -0.4 is 11.1 Å². The largest absolute Gasteiger partial charge is 0.364 e. The average Bonchev–Trinajstić information content (AvgIpc) is 3.37. The molecule has 3 aromatic heterocycles. The van der Waals surface area contributed by atoms with Gasteiger partial charge in [-0.3, -0.25) is 9.59 Å². The molecule has 4 rings (SSSR count). The number of aromatic nitrogens is 6. The Hall–Kier alpha value is -4.08. The van der Waals surface area contributed by atoms with Crippen molar-refractivity contribution in [1.82, 2.24) is 35.5 Å². The van der Waals surface area contributed by atoms with Crippen molar-refractivity contribution < 1.29 is 9.59 Å². The zero-order valence-corrected chi connectivity index (χ0v) is 18.1. The van der Waals surface area contributed by atoms with Crippen LogP contribution in [0.25, 0.3) is 22.3 Å². The average molecular weight is 432 g/mol. The number of fused-ring (bicyclic) bond motifs is 1. The lowest BCUT2D eigenvalue weighted by molar-refractivity contribution is 0.0944. The van der Waals surface area contributed by atoms with Crippen LogP contribution in [0.15, 0.2) is 36.4 Å². The third kappa shape index (κ3) is 4.64. The van der Waals surface area contributed by atoms with Crippen LogP contribution in [-0.2, 0) is 13.1 Å². The summed E-state index contributed by atoms with van der Waals surface area (Å²) in [6.07, 6.45) is 0. The number of nitrogens with two attached hydrogens (primary N) is 1. The number of rotatable bonds is 7. The summed E-state index contributed by atoms with van der Waals surface area (Å²) < 4.78 is 0. The molecular formula is C22H24N8O2. The molecule has 0 atom stereocenters. The van der Waals surface area contributed by atoms with Gasteiger partial charge in [0, 0.05) is 28.7 Å². The van der Waals surface area contributed by atoms with E-state index in [1.54, 1.807) is 16.9 Å². The Kier molecular flexibility index (Phi) is 5.67. The molecule has 0 aliphatic heterocycles. The lowest BCUT2D eigenvalue weighted by Crippen LogP contribution is -2.24. The van der Waals surface area contributed by atoms with Gasteiger partial charge in [0.1, 0.15) is 11.4 Å². The van der Waals surface area contributed by atoms with Crippen LogP contribution in [0.4, 0.5) is 0 Å². The Labute approximate surface area is 184 Å². The number of benzene rings is 1. The molecule has 10 nitrogen and oxygen atoms in total. The quantitative estimate of drug-likeness (QED) is 0.408. The number of nitrogens with zero attached hydrogens (tertiary/aromatic N) is 5. The van der Waals surface area contributed by atoms with E-state index in [1.165, 1.54) is 0 Å². The molecule has 0 aliphatic rings. The zero-order chi connectivity index (χ0) is 22.8. The highest BCUT2D eigenvalue weighted by atomic mass is 16.2. The van der Waals surface area contributed by atoms with Crippen molar-refractivity contribution in [2.75, 3.05) is 0 Å². The Morgan fingerprint density at radius 3 is 2.75 bits per heavy atom. The lowest BCUT2D eigenvalue weighted by Gasteiger charge is -2.07. The molecule has 0 bridgehead atoms. The summed E-state index contributed by atoms with van der Waals surface area (Å²) in [6, 6.07) is 10.8. The molecule has 0 unspecified atom stereocenters. The Balaban J connectivity index is 1.49. The molecule has 3 heterocycles. The van der Waals surface area contributed by atoms with E-state index in [-0.39, 0.29) is 11.6 Å². The van der Waals surface area contributed by atoms with Crippen molar-refractivity contribution in [3.8, 4) is 11.4 Å². The highest BCUT2D eigenvalue weighted by molar-refractivity contribution is 5.97. The number of amides is 2. The van der Waals surface area contributed by atoms with E-state index in [0.717, 1.165) is 16.5 Å². The van der Waals surface area contributed by atoms with Crippen molar-refractivity contribution in [3.63, 3.8) is 0 Å². The van der Waals surface area contributed by atoms with Gasteiger partial charge in [0.15, 0.2) is 0 Å². The van der Waals surface area contributed by atoms with Crippen molar-refractivity contribution in [2.24, 2.45) is 11.7 Å². The predicted octanol–water partition coefficient (Wildman–Crippen LogP) is 2.21. The Morgan fingerprint density at radius 1 is 1.19 bits per heavy atom. The van der Waals surface area contributed by atoms with E-state index >= 15 is 0 Å². The van der Waals surface area contributed by atoms with Gasteiger partial charge in [0.25, 0.3) is 11.8 Å². The monoisotopic (exact) mass is 432 g/mol. The van der Waals surface area contributed by atoms with Gasteiger partial charge >= 0.3 is 0 Å². The van der Waals surface area contributed by atoms with E-state index in [9.17, 15) is 9.59 Å². The van der Waals surface area contributed by atoms with Crippen molar-refractivity contribution in [1.29, 1.82) is 0 Å². The number of hydrogen-bond acceptors (Lipinski definition) is 6. The maximum absolute atomic E-state index is 12.8. The van der Waals surface area contributed by atoms with Gasteiger partial charge in [0.2, 0.25) is 5.82 Å². The maximum Gasteiger partial charge on any atom is 0.270 e. The van der Waals surface area contributed by atoms with Gasteiger partial charge in [-0.05, 0) is 47.9 Å². The van der Waals surface area contributed by atoms with E-state index < -0.39 is 5.91 Å². The van der Waals surface area contributed by atoms with E-state index in [2.05, 4.69) is 44.5 Å². The number of aromatic amines is 1. The summed E-state index contributed by atoms with van der Waals surface area (Å²) in [5.41, 5.74) is 8.95. The van der Waals surface area contributed by atoms with Gasteiger partial charge in [-0.15, -0.1) is 10.2 Å². The third-order valence-electron chi connectivity index (χ3n) is 4.83. The Bertz CT molecular complexity index is 1300. The standard InChI is InChI=1S/C22H24N8O2/c1-12(2)11-30-28-21(27-29-30)16-6-13(3)25-19(9-16)22(32)24-10-14-4-5-15-8-18(20(23)31)26-17(15)7-14/h4-9,12,26H,10-11H2,1-3H3,(H2,23,31)(H,24,32). The molecule has 32 heavy (non-hydrogen) atoms. The van der Waals surface area contributed by atoms with Crippen molar-refractivity contribution in [3.05, 3.63) is 59.0 Å². The molecule has 0 radical (unpaired) electrons. The second kappa shape index (κ2) is 8.58. The van der Waals surface area contributed by atoms with Crippen LogP contribution in [-0.4, -0.2) is 42.0 Å². The van der Waals surface area contributed by atoms with E-state index in [1.807, 2.05) is 31.2 Å². The minimum absolute atomic E-state index is 0.275. The number of aryl methyl sites for hydroxylation is 1. The first kappa shape index (κ1) is 21.2. The SMILES string of the molecule is Cc1cc(-c2nnn(CC(C)C)n2)cc(C(=O)NCc2ccc3cc(C(N)=O)[nH]c3c2)n1. The summed E-state index contributed by atoms with van der Waals surface area (Å²) >= 11 is 0. The van der Waals surface area contributed by atoms with E-state index in [4.69, 9.17) is 5.73 Å². The fourth-order valence-corrected chi connectivity index (χ4v) is 3.37. The number of H-pyrrole nitrogens is 1. The van der Waals surface area contributed by atoms with Gasteiger partial charge in [0.05, 0.1) is 6.54 Å². The number of primary amides is 1. The summed E-state index contributed by atoms with van der Waals surface area (Å²) in [6.45, 7) is 6.93. The fraction of sp³-hybridized carbons (Fsp3) is 0.273. The highest BCUT2D eigenvalue weighted by Crippen LogP contribution is 2.18. The molecule has 0 fully saturated rings. The van der Waals surface area contributed by atoms with Crippen LogP contribution >= 0.6 is 0 Å². The maximum atomic E-state index is 12.8. The number of hydrogen-bond donors (Lipinski definition) is 3. The summed E-state index contributed by atoms with van der Waals surface area (Å²) in [5.74, 6) is 0.0165. The molecule has 1 aromatic carbocycles. The minimum Gasteiger partial charge on any atom is -0.364 e. The highest BCUT2D eigenvalue weighted by Gasteiger charge is 2.14. The van der Waals surface area contributed by atoms with Crippen molar-refractivity contribution in [2.45, 2.75) is 33.9 Å². The van der Waals surface area contributed by atoms with Gasteiger partial charge in [-0.25, -0.2) is 4.98 Å². The molecule has 0 saturated heterocycles. The molecule has 0 aliphatic carbocycles. The lowest BCUT2D eigenvalue weighted by atomic mass is 10.1. The fourth-order valence-electron chi connectivity index (χ4n) is 3.37. The predicted molar refractivity (Wildman–Crippen MR) is 119 cm³/mol. The molecule has 10 heteroatoms. The van der Waals surface area contributed by atoms with Gasteiger partial charge in [-0.2, -0.15) is 4.80 Å². The summed E-state index contributed by atoms with van der Waals surface area (Å²) in [5, 5.41) is 16.3. The smallest absolute Gasteiger partial charge is 0.270 e. The molecular weight excluding hydrogens is 408 g/mol. The number of carbonyl (C=O) groups excluding carboxylic acids is 2. The molecule has 2 amide bonds. The topological polar surface area (TPSA) is 144 Å². The van der Waals surface area contributed by atoms with Crippen LogP contribution in [0.5, 0.6) is 0 Å². The van der Waals surface area contributed by atoms with E-state index in [0.29, 0.717) is 41.8 Å². The molecule has 164 valence electrons. The van der Waals surface area contributed by atoms with Crippen LogP contribution in [0.1, 0.15) is 46.1 Å². The summed E-state index contributed by atoms with van der Waals surface area (Å²) in [7, 11) is 0. The van der Waals surface area contributed by atoms with Gasteiger partial charge < -0.3 is 16.0 Å². The molecule has 0 saturated carbocycles. The molecule has 4 aromatic rings. The first-order chi connectivity index (χ1) is 15.3. The third-order valence-corrected chi connectivity index (χ3v) is 4.83. The van der Waals surface area contributed by atoms with Gasteiger partial charge in [-0.1, -0.05) is 26.0 Å². The molecule has 0 spiro atoms. The minimum atomic E-state index is -0.517. The molecule has 4 N–H and O–H groups in total. The first-order valence-electron chi connectivity index (χ1n) is 10.2. The van der Waals surface area contributed by atoms with Crippen LogP contribution in [0.3, 0.4) is 0 Å². The second-order valence-corrected chi connectivity index (χ2v) is 8.10.